The lowest BCUT2D eigenvalue weighted by molar-refractivity contribution is 0.0540. The van der Waals surface area contributed by atoms with E-state index < -0.39 is 11.7 Å². The molecule has 5 nitrogen and oxygen atoms in total. The molecule has 21 heavy (non-hydrogen) atoms. The van der Waals surface area contributed by atoms with Crippen LogP contribution in [0.2, 0.25) is 5.15 Å². The minimum atomic E-state index is -0.568. The first-order chi connectivity index (χ1) is 9.81. The van der Waals surface area contributed by atoms with Gasteiger partial charge < -0.3 is 9.47 Å². The maximum atomic E-state index is 12.2. The Kier molecular flexibility index (Phi) is 4.23. The Morgan fingerprint density at radius 3 is 2.71 bits per heavy atom. The number of carbonyl (C=O) groups is 1. The van der Waals surface area contributed by atoms with Gasteiger partial charge in [0.05, 0.1) is 18.4 Å². The number of hydrogen-bond donors (Lipinski definition) is 0. The summed E-state index contributed by atoms with van der Waals surface area (Å²) in [6.07, 6.45) is 2.74. The van der Waals surface area contributed by atoms with E-state index in [4.69, 9.17) is 21.1 Å². The fourth-order valence-electron chi connectivity index (χ4n) is 1.84. The van der Waals surface area contributed by atoms with Crippen LogP contribution in [0.4, 0.5) is 4.79 Å². The molecule has 0 aromatic carbocycles. The number of aromatic nitrogens is 2. The summed E-state index contributed by atoms with van der Waals surface area (Å²) in [6.45, 7) is 5.45. The Balaban J connectivity index is 2.44. The second kappa shape index (κ2) is 5.77. The Morgan fingerprint density at radius 1 is 1.38 bits per heavy atom. The van der Waals surface area contributed by atoms with E-state index in [9.17, 15) is 4.79 Å². The van der Waals surface area contributed by atoms with E-state index in [1.54, 1.807) is 30.6 Å². The van der Waals surface area contributed by atoms with Gasteiger partial charge in [0.15, 0.2) is 0 Å². The third-order valence-electron chi connectivity index (χ3n) is 2.67. The van der Waals surface area contributed by atoms with Crippen LogP contribution in [0, 0.1) is 0 Å². The minimum Gasteiger partial charge on any atom is -0.496 e. The number of methoxy groups -OCH3 is 1. The molecule has 0 saturated carbocycles. The molecule has 2 heterocycles. The van der Waals surface area contributed by atoms with E-state index in [-0.39, 0.29) is 0 Å². The Bertz CT molecular complexity index is 659. The SMILES string of the molecule is COc1cc(Cl)ncc1-c1cccn1C(=O)OC(C)(C)C. The van der Waals surface area contributed by atoms with Gasteiger partial charge in [-0.25, -0.2) is 9.78 Å². The van der Waals surface area contributed by atoms with E-state index in [2.05, 4.69) is 4.98 Å². The van der Waals surface area contributed by atoms with Crippen molar-refractivity contribution in [2.24, 2.45) is 0 Å². The molecule has 2 aromatic rings. The summed E-state index contributed by atoms with van der Waals surface area (Å²) < 4.78 is 12.1. The van der Waals surface area contributed by atoms with Crippen LogP contribution in [-0.4, -0.2) is 28.4 Å². The van der Waals surface area contributed by atoms with Gasteiger partial charge in [-0.1, -0.05) is 11.6 Å². The van der Waals surface area contributed by atoms with Crippen LogP contribution in [0.5, 0.6) is 5.75 Å². The molecule has 2 rings (SSSR count). The quantitative estimate of drug-likeness (QED) is 0.787. The lowest BCUT2D eigenvalue weighted by Gasteiger charge is -2.20. The molecule has 0 saturated heterocycles. The highest BCUT2D eigenvalue weighted by Crippen LogP contribution is 2.31. The molecule has 0 unspecified atom stereocenters. The largest absolute Gasteiger partial charge is 0.496 e. The number of ether oxygens (including phenoxy) is 2. The van der Waals surface area contributed by atoms with Crippen LogP contribution in [0.25, 0.3) is 11.3 Å². The third kappa shape index (κ3) is 3.55. The summed E-state index contributed by atoms with van der Waals surface area (Å²) in [5.74, 6) is 0.540. The Labute approximate surface area is 128 Å². The highest BCUT2D eigenvalue weighted by atomic mass is 35.5. The summed E-state index contributed by atoms with van der Waals surface area (Å²) in [5.41, 5.74) is 0.726. The molecule has 0 fully saturated rings. The molecule has 0 amide bonds. The molecule has 0 radical (unpaired) electrons. The Morgan fingerprint density at radius 2 is 2.10 bits per heavy atom. The van der Waals surface area contributed by atoms with Gasteiger partial charge >= 0.3 is 6.09 Å². The van der Waals surface area contributed by atoms with E-state index in [0.29, 0.717) is 22.2 Å². The molecule has 0 aliphatic rings. The summed E-state index contributed by atoms with van der Waals surface area (Å²) in [5, 5.41) is 0.325. The zero-order chi connectivity index (χ0) is 15.6. The maximum absolute atomic E-state index is 12.2. The molecule has 0 atom stereocenters. The number of rotatable bonds is 2. The van der Waals surface area contributed by atoms with Crippen molar-refractivity contribution in [2.45, 2.75) is 26.4 Å². The molecule has 0 bridgehead atoms. The zero-order valence-corrected chi connectivity index (χ0v) is 13.1. The average molecular weight is 309 g/mol. The average Bonchev–Trinajstić information content (AvgIpc) is 2.85. The second-order valence-corrected chi connectivity index (χ2v) is 5.84. The second-order valence-electron chi connectivity index (χ2n) is 5.45. The van der Waals surface area contributed by atoms with Crippen molar-refractivity contribution in [1.82, 2.24) is 9.55 Å². The van der Waals surface area contributed by atoms with Crippen molar-refractivity contribution in [3.05, 3.63) is 35.7 Å². The minimum absolute atomic E-state index is 0.325. The van der Waals surface area contributed by atoms with Crippen LogP contribution >= 0.6 is 11.6 Å². The first-order valence-corrected chi connectivity index (χ1v) is 6.80. The molecule has 2 aromatic heterocycles. The van der Waals surface area contributed by atoms with Crippen molar-refractivity contribution in [3.8, 4) is 17.0 Å². The number of nitrogens with zero attached hydrogens (tertiary/aromatic N) is 2. The van der Waals surface area contributed by atoms with Crippen molar-refractivity contribution < 1.29 is 14.3 Å². The molecule has 0 aliphatic heterocycles. The summed E-state index contributed by atoms with van der Waals surface area (Å²) in [4.78, 5) is 16.3. The summed E-state index contributed by atoms with van der Waals surface area (Å²) in [6, 6.07) is 5.15. The van der Waals surface area contributed by atoms with Gasteiger partial charge in [0.2, 0.25) is 0 Å². The van der Waals surface area contributed by atoms with E-state index >= 15 is 0 Å². The predicted molar refractivity (Wildman–Crippen MR) is 80.9 cm³/mol. The first kappa shape index (κ1) is 15.4. The maximum Gasteiger partial charge on any atom is 0.418 e. The van der Waals surface area contributed by atoms with Gasteiger partial charge in [0, 0.05) is 18.5 Å². The fourth-order valence-corrected chi connectivity index (χ4v) is 1.99. The monoisotopic (exact) mass is 308 g/mol. The Hall–Kier alpha value is -2.01. The number of hydrogen-bond acceptors (Lipinski definition) is 4. The topological polar surface area (TPSA) is 53.4 Å². The molecule has 112 valence electrons. The van der Waals surface area contributed by atoms with Crippen LogP contribution in [0.15, 0.2) is 30.6 Å². The lowest BCUT2D eigenvalue weighted by Crippen LogP contribution is -2.27. The molecule has 0 aliphatic carbocycles. The summed E-state index contributed by atoms with van der Waals surface area (Å²) in [7, 11) is 1.54. The smallest absolute Gasteiger partial charge is 0.418 e. The van der Waals surface area contributed by atoms with E-state index in [1.165, 1.54) is 11.7 Å². The predicted octanol–water partition coefficient (Wildman–Crippen LogP) is 4.00. The van der Waals surface area contributed by atoms with E-state index in [0.717, 1.165) is 0 Å². The lowest BCUT2D eigenvalue weighted by atomic mass is 10.2. The van der Waals surface area contributed by atoms with Crippen LogP contribution < -0.4 is 4.74 Å². The van der Waals surface area contributed by atoms with Gasteiger partial charge in [-0.2, -0.15) is 0 Å². The molecule has 6 heteroatoms. The first-order valence-electron chi connectivity index (χ1n) is 6.42. The van der Waals surface area contributed by atoms with Gasteiger partial charge in [-0.3, -0.25) is 4.57 Å². The number of halogens is 1. The molecule has 0 spiro atoms. The van der Waals surface area contributed by atoms with Gasteiger partial charge in [-0.05, 0) is 32.9 Å². The molecular weight excluding hydrogens is 292 g/mol. The van der Waals surface area contributed by atoms with Crippen molar-refractivity contribution in [2.75, 3.05) is 7.11 Å². The van der Waals surface area contributed by atoms with Gasteiger partial charge in [0.25, 0.3) is 0 Å². The molecular formula is C15H17ClN2O3. The summed E-state index contributed by atoms with van der Waals surface area (Å²) >= 11 is 5.86. The highest BCUT2D eigenvalue weighted by molar-refractivity contribution is 6.29. The third-order valence-corrected chi connectivity index (χ3v) is 2.87. The van der Waals surface area contributed by atoms with Crippen LogP contribution in [0.1, 0.15) is 20.8 Å². The highest BCUT2D eigenvalue weighted by Gasteiger charge is 2.21. The number of pyridine rings is 1. The van der Waals surface area contributed by atoms with Gasteiger partial charge in [-0.15, -0.1) is 0 Å². The normalized spacial score (nSPS) is 11.3. The fraction of sp³-hybridized carbons (Fsp3) is 0.333. The van der Waals surface area contributed by atoms with E-state index in [1.807, 2.05) is 20.8 Å². The van der Waals surface area contributed by atoms with Gasteiger partial charge in [0.1, 0.15) is 16.5 Å². The molecule has 0 N–H and O–H groups in total. The van der Waals surface area contributed by atoms with Crippen molar-refractivity contribution >= 4 is 17.7 Å². The van der Waals surface area contributed by atoms with Crippen molar-refractivity contribution in [1.29, 1.82) is 0 Å². The zero-order valence-electron chi connectivity index (χ0n) is 12.4. The van der Waals surface area contributed by atoms with Crippen LogP contribution in [-0.2, 0) is 4.74 Å². The standard InChI is InChI=1S/C15H17ClN2O3/c1-15(2,3)21-14(19)18-7-5-6-11(18)10-9-17-13(16)8-12(10)20-4/h5-9H,1-4H3. The van der Waals surface area contributed by atoms with Crippen LogP contribution in [0.3, 0.4) is 0 Å². The number of carbonyl (C=O) groups excluding carboxylic acids is 1. The van der Waals surface area contributed by atoms with Crippen molar-refractivity contribution in [3.63, 3.8) is 0 Å².